The van der Waals surface area contributed by atoms with Crippen LogP contribution in [-0.4, -0.2) is 22.5 Å². The Morgan fingerprint density at radius 1 is 1.50 bits per heavy atom. The van der Waals surface area contributed by atoms with Gasteiger partial charge < -0.3 is 4.42 Å². The second-order valence-corrected chi connectivity index (χ2v) is 4.87. The molecule has 1 heterocycles. The van der Waals surface area contributed by atoms with Crippen LogP contribution in [0.1, 0.15) is 19.4 Å². The first-order valence-electron chi connectivity index (χ1n) is 5.66. The van der Waals surface area contributed by atoms with Gasteiger partial charge in [0.2, 0.25) is 0 Å². The summed E-state index contributed by atoms with van der Waals surface area (Å²) in [6.07, 6.45) is 0. The molecule has 2 aromatic rings. The van der Waals surface area contributed by atoms with Crippen LogP contribution in [0.5, 0.6) is 0 Å². The summed E-state index contributed by atoms with van der Waals surface area (Å²) in [5, 5.41) is 9.06. The molecule has 0 fully saturated rings. The maximum atomic E-state index is 11.1. The lowest BCUT2D eigenvalue weighted by Gasteiger charge is -2.28. The lowest BCUT2D eigenvalue weighted by molar-refractivity contribution is 0.203. The lowest BCUT2D eigenvalue weighted by Crippen LogP contribution is -2.38. The van der Waals surface area contributed by atoms with Crippen molar-refractivity contribution in [2.75, 3.05) is 7.05 Å². The highest BCUT2D eigenvalue weighted by Crippen LogP contribution is 2.17. The molecule has 18 heavy (non-hydrogen) atoms. The number of hydrogen-bond donors (Lipinski definition) is 1. The maximum Gasteiger partial charge on any atom is 0.417 e. The molecule has 0 aliphatic carbocycles. The summed E-state index contributed by atoms with van der Waals surface area (Å²) in [5.74, 6) is -0.451. The average molecular weight is 245 g/mol. The smallest absolute Gasteiger partial charge is 0.408 e. The summed E-state index contributed by atoms with van der Waals surface area (Å²) in [5.41, 5.74) is 1.72. The highest BCUT2D eigenvalue weighted by atomic mass is 16.4. The zero-order valence-corrected chi connectivity index (χ0v) is 10.7. The summed E-state index contributed by atoms with van der Waals surface area (Å²) in [6, 6.07) is 7.77. The molecular weight excluding hydrogens is 230 g/mol. The highest BCUT2D eigenvalue weighted by molar-refractivity contribution is 5.72. The van der Waals surface area contributed by atoms with E-state index in [0.717, 1.165) is 5.56 Å². The Kier molecular flexibility index (Phi) is 2.97. The van der Waals surface area contributed by atoms with Gasteiger partial charge in [0, 0.05) is 6.54 Å². The SMILES string of the molecule is CN(Cc1ccc2oc(=O)[nH]c2c1)C(C)(C)C#N. The number of H-pyrrole nitrogens is 1. The van der Waals surface area contributed by atoms with Gasteiger partial charge in [0.1, 0.15) is 5.54 Å². The summed E-state index contributed by atoms with van der Waals surface area (Å²) < 4.78 is 4.94. The molecule has 0 saturated carbocycles. The van der Waals surface area contributed by atoms with Crippen LogP contribution in [0.15, 0.2) is 27.4 Å². The van der Waals surface area contributed by atoms with Crippen molar-refractivity contribution in [3.63, 3.8) is 0 Å². The Balaban J connectivity index is 2.27. The molecule has 2 rings (SSSR count). The summed E-state index contributed by atoms with van der Waals surface area (Å²) in [6.45, 7) is 4.36. The Morgan fingerprint density at radius 3 is 2.89 bits per heavy atom. The monoisotopic (exact) mass is 245 g/mol. The fraction of sp³-hybridized carbons (Fsp3) is 0.385. The first kappa shape index (κ1) is 12.4. The van der Waals surface area contributed by atoms with Crippen molar-refractivity contribution in [3.05, 3.63) is 34.3 Å². The second-order valence-electron chi connectivity index (χ2n) is 4.87. The Labute approximate surface area is 105 Å². The molecule has 0 spiro atoms. The van der Waals surface area contributed by atoms with Gasteiger partial charge in [-0.05, 0) is 38.6 Å². The minimum absolute atomic E-state index is 0.451. The minimum atomic E-state index is -0.529. The molecule has 1 aromatic heterocycles. The Bertz CT molecular complexity index is 661. The molecule has 5 nitrogen and oxygen atoms in total. The largest absolute Gasteiger partial charge is 0.417 e. The van der Waals surface area contributed by atoms with Gasteiger partial charge in [0.15, 0.2) is 5.58 Å². The van der Waals surface area contributed by atoms with Gasteiger partial charge in [-0.1, -0.05) is 6.07 Å². The third-order valence-corrected chi connectivity index (χ3v) is 3.13. The molecular formula is C13H15N3O2. The third-order valence-electron chi connectivity index (χ3n) is 3.13. The van der Waals surface area contributed by atoms with Crippen molar-refractivity contribution in [1.29, 1.82) is 5.26 Å². The van der Waals surface area contributed by atoms with Crippen LogP contribution in [-0.2, 0) is 6.54 Å². The molecule has 1 aromatic carbocycles. The van der Waals surface area contributed by atoms with E-state index in [9.17, 15) is 4.79 Å². The first-order chi connectivity index (χ1) is 8.42. The van der Waals surface area contributed by atoms with Crippen LogP contribution >= 0.6 is 0 Å². The van der Waals surface area contributed by atoms with Crippen LogP contribution in [0.3, 0.4) is 0 Å². The van der Waals surface area contributed by atoms with E-state index in [1.165, 1.54) is 0 Å². The van der Waals surface area contributed by atoms with Gasteiger partial charge in [0.05, 0.1) is 11.6 Å². The van der Waals surface area contributed by atoms with E-state index in [-0.39, 0.29) is 0 Å². The quantitative estimate of drug-likeness (QED) is 0.895. The van der Waals surface area contributed by atoms with Gasteiger partial charge in [-0.2, -0.15) is 5.26 Å². The van der Waals surface area contributed by atoms with E-state index in [2.05, 4.69) is 11.1 Å². The van der Waals surface area contributed by atoms with Gasteiger partial charge in [-0.25, -0.2) is 4.79 Å². The van der Waals surface area contributed by atoms with Crippen LogP contribution < -0.4 is 5.76 Å². The van der Waals surface area contributed by atoms with Gasteiger partial charge in [0.25, 0.3) is 0 Å². The number of fused-ring (bicyclic) bond motifs is 1. The van der Waals surface area contributed by atoms with Crippen molar-refractivity contribution >= 4 is 11.1 Å². The molecule has 1 N–H and O–H groups in total. The van der Waals surface area contributed by atoms with Crippen LogP contribution in [0.2, 0.25) is 0 Å². The summed E-state index contributed by atoms with van der Waals surface area (Å²) >= 11 is 0. The summed E-state index contributed by atoms with van der Waals surface area (Å²) in [4.78, 5) is 15.6. The molecule has 0 atom stereocenters. The number of nitrogens with one attached hydrogen (secondary N) is 1. The molecule has 0 radical (unpaired) electrons. The van der Waals surface area contributed by atoms with Crippen molar-refractivity contribution in [2.45, 2.75) is 25.9 Å². The predicted molar refractivity (Wildman–Crippen MR) is 68.0 cm³/mol. The molecule has 5 heteroatoms. The number of benzene rings is 1. The minimum Gasteiger partial charge on any atom is -0.408 e. The van der Waals surface area contributed by atoms with E-state index in [4.69, 9.17) is 9.68 Å². The van der Waals surface area contributed by atoms with Gasteiger partial charge >= 0.3 is 5.76 Å². The standard InChI is InChI=1S/C13H15N3O2/c1-13(2,8-14)16(3)7-9-4-5-11-10(6-9)15-12(17)18-11/h4-6H,7H2,1-3H3,(H,15,17). The molecule has 0 amide bonds. The Morgan fingerprint density at radius 2 is 2.22 bits per heavy atom. The fourth-order valence-corrected chi connectivity index (χ4v) is 1.65. The maximum absolute atomic E-state index is 11.1. The normalized spacial score (nSPS) is 11.9. The molecule has 0 aliphatic rings. The highest BCUT2D eigenvalue weighted by Gasteiger charge is 2.22. The third kappa shape index (κ3) is 2.29. The van der Waals surface area contributed by atoms with Crippen molar-refractivity contribution in [3.8, 4) is 6.07 Å². The van der Waals surface area contributed by atoms with Crippen molar-refractivity contribution in [2.24, 2.45) is 0 Å². The van der Waals surface area contributed by atoms with Crippen LogP contribution in [0, 0.1) is 11.3 Å². The number of nitriles is 1. The van der Waals surface area contributed by atoms with E-state index >= 15 is 0 Å². The predicted octanol–water partition coefficient (Wildman–Crippen LogP) is 1.86. The van der Waals surface area contributed by atoms with Crippen molar-refractivity contribution in [1.82, 2.24) is 9.88 Å². The first-order valence-corrected chi connectivity index (χ1v) is 5.66. The zero-order chi connectivity index (χ0) is 13.3. The number of oxazole rings is 1. The number of rotatable bonds is 3. The Hall–Kier alpha value is -2.06. The van der Waals surface area contributed by atoms with E-state index in [1.807, 2.05) is 37.9 Å². The second kappa shape index (κ2) is 4.31. The van der Waals surface area contributed by atoms with Gasteiger partial charge in [-0.3, -0.25) is 9.88 Å². The van der Waals surface area contributed by atoms with Gasteiger partial charge in [-0.15, -0.1) is 0 Å². The number of aromatic nitrogens is 1. The average Bonchev–Trinajstić information content (AvgIpc) is 2.68. The molecule has 0 saturated heterocycles. The van der Waals surface area contributed by atoms with Crippen LogP contribution in [0.4, 0.5) is 0 Å². The zero-order valence-electron chi connectivity index (χ0n) is 10.7. The lowest BCUT2D eigenvalue weighted by atomic mass is 10.0. The fourth-order valence-electron chi connectivity index (χ4n) is 1.65. The number of nitrogens with zero attached hydrogens (tertiary/aromatic N) is 2. The number of aromatic amines is 1. The molecule has 0 bridgehead atoms. The van der Waals surface area contributed by atoms with E-state index in [0.29, 0.717) is 17.6 Å². The molecule has 0 unspecified atom stereocenters. The van der Waals surface area contributed by atoms with Crippen LogP contribution in [0.25, 0.3) is 11.1 Å². The summed E-state index contributed by atoms with van der Waals surface area (Å²) in [7, 11) is 1.89. The topological polar surface area (TPSA) is 73.0 Å². The molecule has 94 valence electrons. The number of hydrogen-bond acceptors (Lipinski definition) is 4. The molecule has 0 aliphatic heterocycles. The van der Waals surface area contributed by atoms with E-state index in [1.54, 1.807) is 6.07 Å². The van der Waals surface area contributed by atoms with Crippen molar-refractivity contribution < 1.29 is 4.42 Å². The van der Waals surface area contributed by atoms with E-state index < -0.39 is 11.3 Å².